The summed E-state index contributed by atoms with van der Waals surface area (Å²) in [5, 5.41) is 7.81. The molecule has 0 radical (unpaired) electrons. The predicted molar refractivity (Wildman–Crippen MR) is 97.2 cm³/mol. The van der Waals surface area contributed by atoms with Crippen molar-refractivity contribution in [2.75, 3.05) is 19.6 Å². The van der Waals surface area contributed by atoms with Crippen molar-refractivity contribution in [1.29, 1.82) is 5.41 Å². The third-order valence-electron chi connectivity index (χ3n) is 6.44. The molecule has 142 valence electrons. The Balaban J connectivity index is 1.74. The van der Waals surface area contributed by atoms with Crippen LogP contribution < -0.4 is 5.73 Å². The average molecular weight is 352 g/mol. The molecule has 25 heavy (non-hydrogen) atoms. The molecule has 0 aromatic rings. The summed E-state index contributed by atoms with van der Waals surface area (Å²) < 4.78 is 13.6. The minimum Gasteiger partial charge on any atom is -0.387 e. The second kappa shape index (κ2) is 7.60. The second-order valence-electron chi connectivity index (χ2n) is 8.63. The lowest BCUT2D eigenvalue weighted by molar-refractivity contribution is -0.135. The number of hydrogen-bond donors (Lipinski definition) is 2. The number of carbonyl (C=O) groups is 1. The maximum atomic E-state index is 13.6. The van der Waals surface area contributed by atoms with E-state index >= 15 is 0 Å². The molecule has 0 aromatic heterocycles. The summed E-state index contributed by atoms with van der Waals surface area (Å²) >= 11 is 0. The van der Waals surface area contributed by atoms with Gasteiger partial charge >= 0.3 is 0 Å². The van der Waals surface area contributed by atoms with Crippen molar-refractivity contribution in [3.8, 4) is 0 Å². The fourth-order valence-corrected chi connectivity index (χ4v) is 4.93. The predicted octanol–water partition coefficient (Wildman–Crippen LogP) is 2.40. The molecule has 0 spiro atoms. The molecule has 3 aliphatic rings. The van der Waals surface area contributed by atoms with Gasteiger partial charge in [-0.1, -0.05) is 13.8 Å². The number of halogens is 1. The van der Waals surface area contributed by atoms with Crippen molar-refractivity contribution in [2.24, 2.45) is 23.5 Å². The van der Waals surface area contributed by atoms with Crippen molar-refractivity contribution in [3.63, 3.8) is 0 Å². The molecule has 1 amide bonds. The van der Waals surface area contributed by atoms with Gasteiger partial charge in [-0.3, -0.25) is 15.1 Å². The zero-order valence-corrected chi connectivity index (χ0v) is 15.6. The van der Waals surface area contributed by atoms with Crippen molar-refractivity contribution >= 4 is 11.7 Å². The van der Waals surface area contributed by atoms with Crippen molar-refractivity contribution in [3.05, 3.63) is 0 Å². The number of amidine groups is 1. The van der Waals surface area contributed by atoms with E-state index in [0.29, 0.717) is 30.8 Å². The van der Waals surface area contributed by atoms with Gasteiger partial charge in [0.25, 0.3) is 0 Å². The van der Waals surface area contributed by atoms with Gasteiger partial charge in [-0.2, -0.15) is 0 Å². The fraction of sp³-hybridized carbons (Fsp3) is 0.895. The molecule has 1 aliphatic carbocycles. The van der Waals surface area contributed by atoms with Gasteiger partial charge in [0, 0.05) is 18.5 Å². The number of carbonyl (C=O) groups excluding carboxylic acids is 1. The summed E-state index contributed by atoms with van der Waals surface area (Å²) in [6, 6.07) is 0.240. The van der Waals surface area contributed by atoms with Crippen LogP contribution >= 0.6 is 0 Å². The lowest BCUT2D eigenvalue weighted by Gasteiger charge is -2.37. The highest BCUT2D eigenvalue weighted by molar-refractivity contribution is 5.83. The van der Waals surface area contributed by atoms with Crippen LogP contribution in [0.4, 0.5) is 4.39 Å². The topological polar surface area (TPSA) is 73.4 Å². The van der Waals surface area contributed by atoms with Crippen LogP contribution in [0, 0.1) is 23.2 Å². The Kier molecular flexibility index (Phi) is 5.66. The highest BCUT2D eigenvalue weighted by atomic mass is 19.1. The number of alkyl halides is 1. The Hall–Kier alpha value is -1.17. The summed E-state index contributed by atoms with van der Waals surface area (Å²) in [4.78, 5) is 17.2. The van der Waals surface area contributed by atoms with E-state index in [4.69, 9.17) is 11.1 Å². The highest BCUT2D eigenvalue weighted by Crippen LogP contribution is 2.42. The van der Waals surface area contributed by atoms with E-state index in [-0.39, 0.29) is 30.2 Å². The molecular formula is C19H33FN4O. The Bertz CT molecular complexity index is 512. The van der Waals surface area contributed by atoms with Crippen molar-refractivity contribution in [1.82, 2.24) is 9.80 Å². The van der Waals surface area contributed by atoms with E-state index in [1.165, 1.54) is 0 Å². The number of hydrogen-bond acceptors (Lipinski definition) is 3. The van der Waals surface area contributed by atoms with Gasteiger partial charge in [-0.25, -0.2) is 4.39 Å². The molecule has 3 N–H and O–H groups in total. The number of rotatable bonds is 5. The molecule has 2 saturated heterocycles. The van der Waals surface area contributed by atoms with Gasteiger partial charge in [0.05, 0.1) is 18.4 Å². The van der Waals surface area contributed by atoms with E-state index in [1.807, 2.05) is 0 Å². The minimum absolute atomic E-state index is 0.107. The monoisotopic (exact) mass is 352 g/mol. The van der Waals surface area contributed by atoms with Gasteiger partial charge in [-0.05, 0) is 56.9 Å². The largest absolute Gasteiger partial charge is 0.387 e. The fourth-order valence-electron chi connectivity index (χ4n) is 4.93. The standard InChI is InChI=1S/C19H33FN4O/c1-12(2)5-8-24-16-10-14(18(21)22)4-3-13(16)9-17(24)19(25)23-7-6-15(20)11-23/h12-17H,3-11H2,1-2H3,(H3,21,22)/t13?,14?,15-,16?,17?/m0/s1. The Labute approximate surface area is 150 Å². The number of nitrogens with one attached hydrogen (secondary N) is 1. The highest BCUT2D eigenvalue weighted by Gasteiger charge is 2.48. The molecule has 3 rings (SSSR count). The average Bonchev–Trinajstić information content (AvgIpc) is 3.15. The number of nitrogens with zero attached hydrogens (tertiary/aromatic N) is 2. The zero-order chi connectivity index (χ0) is 18.1. The van der Waals surface area contributed by atoms with Crippen LogP contribution in [0.1, 0.15) is 52.4 Å². The maximum Gasteiger partial charge on any atom is 0.240 e. The number of fused-ring (bicyclic) bond motifs is 1. The minimum atomic E-state index is -0.862. The molecule has 6 heteroatoms. The number of likely N-dealkylation sites (tertiary alicyclic amines) is 2. The van der Waals surface area contributed by atoms with Gasteiger partial charge in [0.15, 0.2) is 0 Å². The summed E-state index contributed by atoms with van der Waals surface area (Å²) in [5.41, 5.74) is 5.77. The molecule has 5 atom stereocenters. The van der Waals surface area contributed by atoms with Gasteiger partial charge in [0.1, 0.15) is 6.17 Å². The van der Waals surface area contributed by atoms with Crippen LogP contribution in [-0.2, 0) is 4.79 Å². The first-order valence-electron chi connectivity index (χ1n) is 9.89. The molecule has 5 nitrogen and oxygen atoms in total. The van der Waals surface area contributed by atoms with Gasteiger partial charge < -0.3 is 10.6 Å². The zero-order valence-electron chi connectivity index (χ0n) is 15.6. The molecule has 2 heterocycles. The lowest BCUT2D eigenvalue weighted by atomic mass is 9.78. The van der Waals surface area contributed by atoms with Crippen LogP contribution in [0.3, 0.4) is 0 Å². The van der Waals surface area contributed by atoms with Gasteiger partial charge in [-0.15, -0.1) is 0 Å². The maximum absolute atomic E-state index is 13.6. The summed E-state index contributed by atoms with van der Waals surface area (Å²) in [6.45, 7) is 6.14. The van der Waals surface area contributed by atoms with E-state index in [9.17, 15) is 9.18 Å². The smallest absolute Gasteiger partial charge is 0.240 e. The Morgan fingerprint density at radius 3 is 2.64 bits per heavy atom. The first-order chi connectivity index (χ1) is 11.9. The Morgan fingerprint density at radius 1 is 1.28 bits per heavy atom. The third-order valence-corrected chi connectivity index (χ3v) is 6.44. The van der Waals surface area contributed by atoms with Gasteiger partial charge in [0.2, 0.25) is 5.91 Å². The van der Waals surface area contributed by atoms with Crippen molar-refractivity contribution in [2.45, 2.75) is 70.6 Å². The first kappa shape index (κ1) is 18.6. The van der Waals surface area contributed by atoms with Crippen LogP contribution in [0.25, 0.3) is 0 Å². The summed E-state index contributed by atoms with van der Waals surface area (Å²) in [5.74, 6) is 1.66. The normalized spacial score (nSPS) is 36.0. The summed E-state index contributed by atoms with van der Waals surface area (Å²) in [6.07, 6.45) is 4.47. The Morgan fingerprint density at radius 2 is 2.04 bits per heavy atom. The van der Waals surface area contributed by atoms with Crippen LogP contribution in [0.2, 0.25) is 0 Å². The van der Waals surface area contributed by atoms with E-state index in [2.05, 4.69) is 18.7 Å². The first-order valence-corrected chi connectivity index (χ1v) is 9.89. The SMILES string of the molecule is CC(C)CCN1C(C(=O)N2CC[C@H](F)C2)CC2CCC(C(=N)N)CC21. The molecule has 0 aromatic carbocycles. The molecule has 3 fully saturated rings. The molecule has 2 aliphatic heterocycles. The third kappa shape index (κ3) is 3.99. The molecule has 4 unspecified atom stereocenters. The number of nitrogens with two attached hydrogens (primary N) is 1. The molecule has 1 saturated carbocycles. The summed E-state index contributed by atoms with van der Waals surface area (Å²) in [7, 11) is 0. The molecular weight excluding hydrogens is 319 g/mol. The van der Waals surface area contributed by atoms with Crippen LogP contribution in [0.15, 0.2) is 0 Å². The van der Waals surface area contributed by atoms with Crippen LogP contribution in [-0.4, -0.2) is 59.4 Å². The lowest BCUT2D eigenvalue weighted by Crippen LogP contribution is -2.49. The van der Waals surface area contributed by atoms with E-state index < -0.39 is 6.17 Å². The van der Waals surface area contributed by atoms with E-state index in [1.54, 1.807) is 4.90 Å². The van der Waals surface area contributed by atoms with E-state index in [0.717, 1.165) is 38.6 Å². The second-order valence-corrected chi connectivity index (χ2v) is 8.63. The van der Waals surface area contributed by atoms with Crippen molar-refractivity contribution < 1.29 is 9.18 Å². The molecule has 0 bridgehead atoms. The van der Waals surface area contributed by atoms with Crippen LogP contribution in [0.5, 0.6) is 0 Å². The quantitative estimate of drug-likeness (QED) is 0.589. The number of amides is 1.